The quantitative estimate of drug-likeness (QED) is 0.518. The number of Topliss-reactive ketones (excluding diaryl/α,β-unsaturated/α-hetero) is 2. The van der Waals surface area contributed by atoms with E-state index >= 15 is 0 Å². The van der Waals surface area contributed by atoms with Crippen LogP contribution in [0.1, 0.15) is 34.6 Å². The van der Waals surface area contributed by atoms with Gasteiger partial charge in [0.25, 0.3) is 0 Å². The summed E-state index contributed by atoms with van der Waals surface area (Å²) in [6, 6.07) is 6.94. The van der Waals surface area contributed by atoms with Crippen LogP contribution in [0.4, 0.5) is 0 Å². The maximum atomic E-state index is 12.6. The minimum absolute atomic E-state index is 0.202. The summed E-state index contributed by atoms with van der Waals surface area (Å²) in [6.07, 6.45) is 3.57. The summed E-state index contributed by atoms with van der Waals surface area (Å²) in [6.45, 7) is 3.69. The van der Waals surface area contributed by atoms with Gasteiger partial charge in [-0.25, -0.2) is 0 Å². The number of benzene rings is 1. The first-order valence-corrected chi connectivity index (χ1v) is 6.12. The van der Waals surface area contributed by atoms with Crippen molar-refractivity contribution in [3.05, 3.63) is 47.5 Å². The lowest BCUT2D eigenvalue weighted by molar-refractivity contribution is -0.0516. The van der Waals surface area contributed by atoms with E-state index in [9.17, 15) is 9.59 Å². The molecule has 1 aromatic rings. The van der Waals surface area contributed by atoms with Crippen molar-refractivity contribution in [3.8, 4) is 0 Å². The first-order chi connectivity index (χ1) is 8.57. The lowest BCUT2D eigenvalue weighted by Crippen LogP contribution is -2.52. The van der Waals surface area contributed by atoms with Gasteiger partial charge in [-0.05, 0) is 6.92 Å². The maximum Gasteiger partial charge on any atom is 0.204 e. The molecule has 0 bridgehead atoms. The van der Waals surface area contributed by atoms with Crippen molar-refractivity contribution in [3.63, 3.8) is 0 Å². The van der Waals surface area contributed by atoms with E-state index < -0.39 is 5.60 Å². The van der Waals surface area contributed by atoms with Gasteiger partial charge < -0.3 is 4.74 Å². The van der Waals surface area contributed by atoms with Crippen molar-refractivity contribution in [2.75, 3.05) is 0 Å². The SMILES string of the molecule is CC1C=CC(C)C2(O1)C(=O)c1ccccc1C2=O. The van der Waals surface area contributed by atoms with Crippen LogP contribution in [-0.2, 0) is 4.74 Å². The minimum atomic E-state index is -1.34. The Morgan fingerprint density at radius 1 is 1.00 bits per heavy atom. The van der Waals surface area contributed by atoms with Crippen molar-refractivity contribution in [2.24, 2.45) is 5.92 Å². The highest BCUT2D eigenvalue weighted by Crippen LogP contribution is 2.41. The Labute approximate surface area is 105 Å². The summed E-state index contributed by atoms with van der Waals surface area (Å²) in [5, 5.41) is 0. The second-order valence-electron chi connectivity index (χ2n) is 4.94. The van der Waals surface area contributed by atoms with Crippen LogP contribution in [0.3, 0.4) is 0 Å². The molecule has 0 amide bonds. The maximum absolute atomic E-state index is 12.6. The molecule has 2 aliphatic rings. The summed E-state index contributed by atoms with van der Waals surface area (Å²) in [5.41, 5.74) is -0.369. The van der Waals surface area contributed by atoms with E-state index in [2.05, 4.69) is 0 Å². The molecule has 0 radical (unpaired) electrons. The molecule has 0 saturated carbocycles. The van der Waals surface area contributed by atoms with Crippen LogP contribution >= 0.6 is 0 Å². The van der Waals surface area contributed by atoms with Gasteiger partial charge in [-0.2, -0.15) is 0 Å². The fourth-order valence-corrected chi connectivity index (χ4v) is 2.80. The number of carbonyl (C=O) groups excluding carboxylic acids is 2. The average Bonchev–Trinajstić information content (AvgIpc) is 2.59. The molecule has 1 heterocycles. The Morgan fingerprint density at radius 3 is 2.11 bits per heavy atom. The summed E-state index contributed by atoms with van der Waals surface area (Å²) in [7, 11) is 0. The molecule has 1 spiro atoms. The van der Waals surface area contributed by atoms with E-state index in [1.165, 1.54) is 0 Å². The van der Waals surface area contributed by atoms with Gasteiger partial charge in [0.2, 0.25) is 11.6 Å². The molecule has 2 unspecified atom stereocenters. The number of rotatable bonds is 0. The van der Waals surface area contributed by atoms with E-state index in [0.717, 1.165) is 0 Å². The zero-order valence-electron chi connectivity index (χ0n) is 10.3. The molecule has 1 aliphatic carbocycles. The summed E-state index contributed by atoms with van der Waals surface area (Å²) < 4.78 is 5.77. The van der Waals surface area contributed by atoms with E-state index in [1.807, 2.05) is 26.0 Å². The van der Waals surface area contributed by atoms with Crippen LogP contribution in [0.25, 0.3) is 0 Å². The van der Waals surface area contributed by atoms with Gasteiger partial charge in [-0.15, -0.1) is 0 Å². The number of hydrogen-bond donors (Lipinski definition) is 0. The van der Waals surface area contributed by atoms with Crippen LogP contribution < -0.4 is 0 Å². The number of ether oxygens (including phenoxy) is 1. The Hall–Kier alpha value is -1.74. The summed E-state index contributed by atoms with van der Waals surface area (Å²) >= 11 is 0. The second-order valence-corrected chi connectivity index (χ2v) is 4.94. The number of hydrogen-bond acceptors (Lipinski definition) is 3. The molecule has 3 rings (SSSR count). The molecule has 3 heteroatoms. The van der Waals surface area contributed by atoms with Crippen LogP contribution in [0.2, 0.25) is 0 Å². The van der Waals surface area contributed by atoms with Crippen molar-refractivity contribution in [1.29, 1.82) is 0 Å². The average molecular weight is 242 g/mol. The van der Waals surface area contributed by atoms with Crippen LogP contribution in [-0.4, -0.2) is 23.3 Å². The van der Waals surface area contributed by atoms with Crippen molar-refractivity contribution < 1.29 is 14.3 Å². The topological polar surface area (TPSA) is 43.4 Å². The Bertz CT molecular complexity index is 536. The Balaban J connectivity index is 2.19. The van der Waals surface area contributed by atoms with Crippen LogP contribution in [0.5, 0.6) is 0 Å². The van der Waals surface area contributed by atoms with E-state index in [1.54, 1.807) is 24.3 Å². The minimum Gasteiger partial charge on any atom is -0.351 e. The first-order valence-electron chi connectivity index (χ1n) is 6.12. The molecule has 1 aliphatic heterocycles. The van der Waals surface area contributed by atoms with Gasteiger partial charge in [0, 0.05) is 17.0 Å². The first kappa shape index (κ1) is 11.4. The lowest BCUT2D eigenvalue weighted by Gasteiger charge is -2.36. The van der Waals surface area contributed by atoms with Gasteiger partial charge >= 0.3 is 0 Å². The second kappa shape index (κ2) is 3.62. The van der Waals surface area contributed by atoms with Crippen molar-refractivity contribution >= 4 is 11.6 Å². The summed E-state index contributed by atoms with van der Waals surface area (Å²) in [5.74, 6) is -0.639. The van der Waals surface area contributed by atoms with Gasteiger partial charge in [0.1, 0.15) is 0 Å². The van der Waals surface area contributed by atoms with E-state index in [4.69, 9.17) is 4.74 Å². The summed E-state index contributed by atoms with van der Waals surface area (Å²) in [4.78, 5) is 25.1. The zero-order chi connectivity index (χ0) is 12.9. The lowest BCUT2D eigenvalue weighted by atomic mass is 9.81. The van der Waals surface area contributed by atoms with E-state index in [-0.39, 0.29) is 23.6 Å². The molecule has 0 saturated heterocycles. The molecular formula is C15H14O3. The monoisotopic (exact) mass is 242 g/mol. The van der Waals surface area contributed by atoms with Gasteiger partial charge in [0.15, 0.2) is 5.60 Å². The highest BCUT2D eigenvalue weighted by atomic mass is 16.5. The zero-order valence-corrected chi connectivity index (χ0v) is 10.3. The number of carbonyl (C=O) groups is 2. The highest BCUT2D eigenvalue weighted by molar-refractivity contribution is 6.32. The van der Waals surface area contributed by atoms with Crippen LogP contribution in [0.15, 0.2) is 36.4 Å². The van der Waals surface area contributed by atoms with Crippen LogP contribution in [0, 0.1) is 5.92 Å². The van der Waals surface area contributed by atoms with Gasteiger partial charge in [-0.3, -0.25) is 9.59 Å². The molecule has 0 aromatic heterocycles. The fraction of sp³-hybridized carbons (Fsp3) is 0.333. The molecule has 2 atom stereocenters. The Kier molecular flexibility index (Phi) is 2.29. The predicted octanol–water partition coefficient (Wildman–Crippen LogP) is 2.42. The smallest absolute Gasteiger partial charge is 0.204 e. The van der Waals surface area contributed by atoms with Gasteiger partial charge in [-0.1, -0.05) is 43.3 Å². The molecule has 92 valence electrons. The number of fused-ring (bicyclic) bond motifs is 1. The van der Waals surface area contributed by atoms with Gasteiger partial charge in [0.05, 0.1) is 6.10 Å². The largest absolute Gasteiger partial charge is 0.351 e. The third-order valence-corrected chi connectivity index (χ3v) is 3.77. The third-order valence-electron chi connectivity index (χ3n) is 3.77. The van der Waals surface area contributed by atoms with Crippen molar-refractivity contribution in [2.45, 2.75) is 25.6 Å². The highest BCUT2D eigenvalue weighted by Gasteiger charge is 2.58. The molecule has 3 nitrogen and oxygen atoms in total. The normalized spacial score (nSPS) is 28.8. The van der Waals surface area contributed by atoms with E-state index in [0.29, 0.717) is 11.1 Å². The molecule has 0 N–H and O–H groups in total. The third kappa shape index (κ3) is 1.22. The molecule has 18 heavy (non-hydrogen) atoms. The number of ketones is 2. The standard InChI is InChI=1S/C15H14O3/c1-9-7-8-10(2)18-15(9)13(16)11-5-3-4-6-12(11)14(15)17/h3-10H,1-2H3. The van der Waals surface area contributed by atoms with Crippen molar-refractivity contribution in [1.82, 2.24) is 0 Å². The predicted molar refractivity (Wildman–Crippen MR) is 66.7 cm³/mol. The molecule has 1 aromatic carbocycles. The Morgan fingerprint density at radius 2 is 1.56 bits per heavy atom. The molecule has 0 fully saturated rings. The molecular weight excluding hydrogens is 228 g/mol. The fourth-order valence-electron chi connectivity index (χ4n) is 2.80.